The fourth-order valence-corrected chi connectivity index (χ4v) is 2.43. The van der Waals surface area contributed by atoms with Gasteiger partial charge in [0.1, 0.15) is 6.10 Å². The van der Waals surface area contributed by atoms with Gasteiger partial charge in [0.2, 0.25) is 5.91 Å². The maximum atomic E-state index is 12.7. The van der Waals surface area contributed by atoms with E-state index in [9.17, 15) is 9.18 Å². The van der Waals surface area contributed by atoms with Crippen LogP contribution in [0.1, 0.15) is 32.1 Å². The van der Waals surface area contributed by atoms with Crippen LogP contribution in [0.2, 0.25) is 0 Å². The summed E-state index contributed by atoms with van der Waals surface area (Å²) in [5.74, 6) is 0.422. The predicted molar refractivity (Wildman–Crippen MR) is 69.6 cm³/mol. The first kappa shape index (κ1) is 13.3. The van der Waals surface area contributed by atoms with Crippen molar-refractivity contribution in [2.24, 2.45) is 5.92 Å². The van der Waals surface area contributed by atoms with E-state index in [0.717, 1.165) is 38.3 Å². The number of halogens is 1. The zero-order chi connectivity index (χ0) is 13.9. The fourth-order valence-electron chi connectivity index (χ4n) is 2.43. The van der Waals surface area contributed by atoms with E-state index in [-0.39, 0.29) is 18.0 Å². The van der Waals surface area contributed by atoms with E-state index in [1.54, 1.807) is 0 Å². The average Bonchev–Trinajstić information content (AvgIpc) is 3.26. The van der Waals surface area contributed by atoms with Crippen molar-refractivity contribution in [3.05, 3.63) is 18.2 Å². The average molecular weight is 279 g/mol. The molecule has 1 aromatic heterocycles. The Bertz CT molecular complexity index is 468. The summed E-state index contributed by atoms with van der Waals surface area (Å²) in [7, 11) is 0. The van der Waals surface area contributed by atoms with Gasteiger partial charge in [0, 0.05) is 32.4 Å². The quantitative estimate of drug-likeness (QED) is 0.843. The fraction of sp³-hybridized carbons (Fsp3) is 0.643. The number of carbonyl (C=O) groups is 1. The molecule has 0 spiro atoms. The van der Waals surface area contributed by atoms with Gasteiger partial charge in [-0.2, -0.15) is 0 Å². The topological polar surface area (TPSA) is 55.3 Å². The van der Waals surface area contributed by atoms with Gasteiger partial charge in [-0.25, -0.2) is 14.4 Å². The van der Waals surface area contributed by atoms with Gasteiger partial charge in [0.25, 0.3) is 0 Å². The Morgan fingerprint density at radius 3 is 2.50 bits per heavy atom. The first-order valence-electron chi connectivity index (χ1n) is 7.12. The smallest absolute Gasteiger partial charge is 0.316 e. The molecule has 1 saturated heterocycles. The molecular formula is C14H18FN3O2. The van der Waals surface area contributed by atoms with E-state index in [2.05, 4.69) is 9.97 Å². The van der Waals surface area contributed by atoms with Gasteiger partial charge in [-0.05, 0) is 18.8 Å². The number of carbonyl (C=O) groups excluding carboxylic acids is 1. The summed E-state index contributed by atoms with van der Waals surface area (Å²) in [6.07, 6.45) is 6.85. The van der Waals surface area contributed by atoms with Crippen LogP contribution in [0.4, 0.5) is 4.39 Å². The van der Waals surface area contributed by atoms with Gasteiger partial charge in [0.05, 0.1) is 12.4 Å². The second-order valence-corrected chi connectivity index (χ2v) is 5.53. The number of ether oxygens (including phenoxy) is 1. The summed E-state index contributed by atoms with van der Waals surface area (Å²) >= 11 is 0. The number of piperidine rings is 1. The van der Waals surface area contributed by atoms with Crippen LogP contribution in [-0.2, 0) is 4.79 Å². The SMILES string of the molecule is O=C(CC1CC1)N1CCC(Oc2ncc(F)cn2)CC1. The normalized spacial score (nSPS) is 19.9. The van der Waals surface area contributed by atoms with E-state index in [1.807, 2.05) is 4.90 Å². The molecule has 2 heterocycles. The molecule has 2 aliphatic rings. The zero-order valence-electron chi connectivity index (χ0n) is 11.3. The predicted octanol–water partition coefficient (Wildman–Crippen LogP) is 1.79. The van der Waals surface area contributed by atoms with Crippen molar-refractivity contribution in [1.29, 1.82) is 0 Å². The summed E-state index contributed by atoms with van der Waals surface area (Å²) in [6.45, 7) is 1.44. The molecule has 0 aromatic carbocycles. The number of likely N-dealkylation sites (tertiary alicyclic amines) is 1. The molecule has 5 nitrogen and oxygen atoms in total. The lowest BCUT2D eigenvalue weighted by atomic mass is 10.1. The molecule has 0 bridgehead atoms. The highest BCUT2D eigenvalue weighted by Gasteiger charge is 2.29. The van der Waals surface area contributed by atoms with Gasteiger partial charge in [-0.15, -0.1) is 0 Å². The second kappa shape index (κ2) is 5.73. The monoisotopic (exact) mass is 279 g/mol. The van der Waals surface area contributed by atoms with E-state index in [4.69, 9.17) is 4.74 Å². The number of amides is 1. The van der Waals surface area contributed by atoms with Gasteiger partial charge < -0.3 is 9.64 Å². The third-order valence-corrected chi connectivity index (χ3v) is 3.82. The molecule has 0 N–H and O–H groups in total. The van der Waals surface area contributed by atoms with Crippen LogP contribution in [0.3, 0.4) is 0 Å². The highest BCUT2D eigenvalue weighted by atomic mass is 19.1. The Morgan fingerprint density at radius 2 is 1.90 bits per heavy atom. The number of hydrogen-bond acceptors (Lipinski definition) is 4. The third-order valence-electron chi connectivity index (χ3n) is 3.82. The highest BCUT2D eigenvalue weighted by molar-refractivity contribution is 5.76. The molecule has 0 atom stereocenters. The molecule has 1 aliphatic carbocycles. The summed E-state index contributed by atoms with van der Waals surface area (Å²) in [5.41, 5.74) is 0. The Labute approximate surface area is 117 Å². The van der Waals surface area contributed by atoms with Gasteiger partial charge in [0.15, 0.2) is 5.82 Å². The Morgan fingerprint density at radius 1 is 1.25 bits per heavy atom. The first-order chi connectivity index (χ1) is 9.70. The number of nitrogens with zero attached hydrogens (tertiary/aromatic N) is 3. The second-order valence-electron chi connectivity index (χ2n) is 5.53. The maximum Gasteiger partial charge on any atom is 0.316 e. The molecule has 1 saturated carbocycles. The number of aromatic nitrogens is 2. The van der Waals surface area contributed by atoms with Gasteiger partial charge in [-0.3, -0.25) is 4.79 Å². The molecule has 20 heavy (non-hydrogen) atoms. The first-order valence-corrected chi connectivity index (χ1v) is 7.12. The van der Waals surface area contributed by atoms with Gasteiger partial charge >= 0.3 is 6.01 Å². The van der Waals surface area contributed by atoms with Crippen LogP contribution in [0.5, 0.6) is 6.01 Å². The molecule has 0 unspecified atom stereocenters. The van der Waals surface area contributed by atoms with Crippen molar-refractivity contribution in [3.63, 3.8) is 0 Å². The molecule has 3 rings (SSSR count). The van der Waals surface area contributed by atoms with Crippen LogP contribution in [0.25, 0.3) is 0 Å². The van der Waals surface area contributed by atoms with Crippen LogP contribution < -0.4 is 4.74 Å². The van der Waals surface area contributed by atoms with Crippen LogP contribution in [0.15, 0.2) is 12.4 Å². The Balaban J connectivity index is 1.45. The molecule has 108 valence electrons. The third kappa shape index (κ3) is 3.43. The van der Waals surface area contributed by atoms with E-state index >= 15 is 0 Å². The van der Waals surface area contributed by atoms with Crippen LogP contribution in [0, 0.1) is 11.7 Å². The minimum atomic E-state index is -0.474. The van der Waals surface area contributed by atoms with Crippen LogP contribution in [-0.4, -0.2) is 40.0 Å². The van der Waals surface area contributed by atoms with E-state index in [0.29, 0.717) is 12.3 Å². The van der Waals surface area contributed by atoms with Crippen molar-refractivity contribution in [1.82, 2.24) is 14.9 Å². The largest absolute Gasteiger partial charge is 0.460 e. The zero-order valence-corrected chi connectivity index (χ0v) is 11.3. The van der Waals surface area contributed by atoms with E-state index < -0.39 is 5.82 Å². The molecule has 2 fully saturated rings. The summed E-state index contributed by atoms with van der Waals surface area (Å²) < 4.78 is 18.3. The van der Waals surface area contributed by atoms with Crippen molar-refractivity contribution >= 4 is 5.91 Å². The minimum Gasteiger partial charge on any atom is -0.460 e. The van der Waals surface area contributed by atoms with Crippen molar-refractivity contribution in [2.75, 3.05) is 13.1 Å². The minimum absolute atomic E-state index is 0.00503. The standard InChI is InChI=1S/C14H18FN3O2/c15-11-8-16-14(17-9-11)20-12-3-5-18(6-4-12)13(19)7-10-1-2-10/h8-10,12H,1-7H2. The Hall–Kier alpha value is -1.72. The lowest BCUT2D eigenvalue weighted by Crippen LogP contribution is -2.42. The van der Waals surface area contributed by atoms with Crippen LogP contribution >= 0.6 is 0 Å². The maximum absolute atomic E-state index is 12.7. The summed E-state index contributed by atoms with van der Waals surface area (Å²) in [4.78, 5) is 21.5. The molecule has 1 aliphatic heterocycles. The van der Waals surface area contributed by atoms with E-state index in [1.165, 1.54) is 12.8 Å². The lowest BCUT2D eigenvalue weighted by molar-refractivity contribution is -0.133. The van der Waals surface area contributed by atoms with Crippen molar-refractivity contribution in [3.8, 4) is 6.01 Å². The van der Waals surface area contributed by atoms with Gasteiger partial charge in [-0.1, -0.05) is 0 Å². The molecule has 0 radical (unpaired) electrons. The molecule has 1 amide bonds. The molecule has 6 heteroatoms. The number of rotatable bonds is 4. The summed E-state index contributed by atoms with van der Waals surface area (Å²) in [5, 5.41) is 0. The lowest BCUT2D eigenvalue weighted by Gasteiger charge is -2.31. The Kier molecular flexibility index (Phi) is 3.80. The summed E-state index contributed by atoms with van der Waals surface area (Å²) in [6, 6.07) is 0.203. The number of hydrogen-bond donors (Lipinski definition) is 0. The molecular weight excluding hydrogens is 261 g/mol. The van der Waals surface area contributed by atoms with Crippen molar-refractivity contribution in [2.45, 2.75) is 38.2 Å². The highest BCUT2D eigenvalue weighted by Crippen LogP contribution is 2.33. The molecule has 1 aromatic rings. The van der Waals surface area contributed by atoms with Crippen molar-refractivity contribution < 1.29 is 13.9 Å².